The van der Waals surface area contributed by atoms with Gasteiger partial charge in [0.1, 0.15) is 11.5 Å². The fraction of sp³-hybridized carbons (Fsp3) is 0.333. The minimum absolute atomic E-state index is 0.105. The zero-order valence-electron chi connectivity index (χ0n) is 10.3. The smallest absolute Gasteiger partial charge is 0.321 e. The van der Waals surface area contributed by atoms with E-state index in [0.29, 0.717) is 4.47 Å². The molecule has 0 heterocycles. The van der Waals surface area contributed by atoms with E-state index in [1.165, 1.54) is 12.1 Å². The maximum absolute atomic E-state index is 11.8. The molecule has 0 aliphatic rings. The van der Waals surface area contributed by atoms with Gasteiger partial charge in [0.15, 0.2) is 15.6 Å². The molecule has 104 valence electrons. The van der Waals surface area contributed by atoms with Gasteiger partial charge in [0.05, 0.1) is 6.61 Å². The number of sulfone groups is 1. The molecule has 0 aliphatic heterocycles. The number of benzene rings is 1. The molecule has 1 rings (SSSR count). The van der Waals surface area contributed by atoms with Gasteiger partial charge in [0.25, 0.3) is 0 Å². The van der Waals surface area contributed by atoms with Crippen LogP contribution in [0.4, 0.5) is 0 Å². The monoisotopic (exact) mass is 348 g/mol. The Hall–Kier alpha value is -1.21. The molecule has 7 heteroatoms. The van der Waals surface area contributed by atoms with E-state index in [1.807, 2.05) is 0 Å². The van der Waals surface area contributed by atoms with E-state index in [0.717, 1.165) is 0 Å². The number of hydrogen-bond acceptors (Lipinski definition) is 5. The Labute approximate surface area is 120 Å². The molecule has 0 aromatic heterocycles. The van der Waals surface area contributed by atoms with Crippen molar-refractivity contribution in [3.8, 4) is 0 Å². The minimum atomic E-state index is -3.80. The predicted octanol–water partition coefficient (Wildman–Crippen LogP) is 1.61. The van der Waals surface area contributed by atoms with Crippen molar-refractivity contribution < 1.29 is 22.7 Å². The third-order valence-electron chi connectivity index (χ3n) is 2.14. The molecular weight excluding hydrogens is 336 g/mol. The topological polar surface area (TPSA) is 77.5 Å². The number of hydrogen-bond donors (Lipinski definition) is 0. The molecule has 19 heavy (non-hydrogen) atoms. The SMILES string of the molecule is CCOC(=O)CS(=O)(=O)CC(=O)c1cccc(Br)c1. The normalized spacial score (nSPS) is 11.1. The van der Waals surface area contributed by atoms with Gasteiger partial charge in [-0.15, -0.1) is 0 Å². The van der Waals surface area contributed by atoms with Crippen LogP contribution in [0.15, 0.2) is 28.7 Å². The van der Waals surface area contributed by atoms with Crippen LogP contribution in [0, 0.1) is 0 Å². The molecule has 1 aromatic rings. The van der Waals surface area contributed by atoms with Gasteiger partial charge in [0.2, 0.25) is 0 Å². The molecule has 0 aliphatic carbocycles. The Morgan fingerprint density at radius 1 is 1.26 bits per heavy atom. The Kier molecular flexibility index (Phi) is 5.68. The van der Waals surface area contributed by atoms with E-state index >= 15 is 0 Å². The van der Waals surface area contributed by atoms with Crippen LogP contribution < -0.4 is 0 Å². The van der Waals surface area contributed by atoms with Gasteiger partial charge in [-0.3, -0.25) is 9.59 Å². The molecule has 0 saturated heterocycles. The second-order valence-electron chi connectivity index (χ2n) is 3.77. The van der Waals surface area contributed by atoms with Crippen molar-refractivity contribution in [3.05, 3.63) is 34.3 Å². The highest BCUT2D eigenvalue weighted by molar-refractivity contribution is 9.10. The zero-order valence-corrected chi connectivity index (χ0v) is 12.7. The lowest BCUT2D eigenvalue weighted by atomic mass is 10.2. The van der Waals surface area contributed by atoms with Crippen molar-refractivity contribution in [1.82, 2.24) is 0 Å². The third-order valence-corrected chi connectivity index (χ3v) is 4.01. The number of esters is 1. The molecular formula is C12H13BrO5S. The molecule has 0 saturated carbocycles. The summed E-state index contributed by atoms with van der Waals surface area (Å²) >= 11 is 3.20. The summed E-state index contributed by atoms with van der Waals surface area (Å²) < 4.78 is 28.5. The molecule has 0 bridgehead atoms. The van der Waals surface area contributed by atoms with Gasteiger partial charge in [-0.1, -0.05) is 28.1 Å². The highest BCUT2D eigenvalue weighted by Crippen LogP contribution is 2.13. The van der Waals surface area contributed by atoms with E-state index in [4.69, 9.17) is 0 Å². The standard InChI is InChI=1S/C12H13BrO5S/c1-2-18-12(15)8-19(16,17)7-11(14)9-4-3-5-10(13)6-9/h3-6H,2,7-8H2,1H3. The number of carbonyl (C=O) groups excluding carboxylic acids is 2. The molecule has 0 N–H and O–H groups in total. The van der Waals surface area contributed by atoms with E-state index in [2.05, 4.69) is 20.7 Å². The van der Waals surface area contributed by atoms with Gasteiger partial charge >= 0.3 is 5.97 Å². The molecule has 0 fully saturated rings. The maximum atomic E-state index is 11.8. The summed E-state index contributed by atoms with van der Waals surface area (Å²) in [5.74, 6) is -2.88. The number of Topliss-reactive ketones (excluding diaryl/α,β-unsaturated/α-hetero) is 1. The van der Waals surface area contributed by atoms with Crippen LogP contribution in [-0.4, -0.2) is 38.3 Å². The van der Waals surface area contributed by atoms with Gasteiger partial charge < -0.3 is 4.74 Å². The number of ether oxygens (including phenoxy) is 1. The van der Waals surface area contributed by atoms with Crippen LogP contribution in [0.2, 0.25) is 0 Å². The third kappa shape index (κ3) is 5.52. The Morgan fingerprint density at radius 2 is 1.95 bits per heavy atom. The summed E-state index contributed by atoms with van der Waals surface area (Å²) in [6.45, 7) is 1.69. The van der Waals surface area contributed by atoms with Crippen molar-refractivity contribution in [2.75, 3.05) is 18.1 Å². The van der Waals surface area contributed by atoms with Crippen LogP contribution in [0.3, 0.4) is 0 Å². The van der Waals surface area contributed by atoms with Crippen LogP contribution in [-0.2, 0) is 19.4 Å². The van der Waals surface area contributed by atoms with Crippen molar-refractivity contribution in [1.29, 1.82) is 0 Å². The minimum Gasteiger partial charge on any atom is -0.465 e. The van der Waals surface area contributed by atoms with Crippen LogP contribution in [0.1, 0.15) is 17.3 Å². The van der Waals surface area contributed by atoms with E-state index in [9.17, 15) is 18.0 Å². The van der Waals surface area contributed by atoms with E-state index in [1.54, 1.807) is 19.1 Å². The predicted molar refractivity (Wildman–Crippen MR) is 73.8 cm³/mol. The number of rotatable bonds is 6. The largest absolute Gasteiger partial charge is 0.465 e. The van der Waals surface area contributed by atoms with Crippen molar-refractivity contribution in [2.24, 2.45) is 0 Å². The fourth-order valence-electron chi connectivity index (χ4n) is 1.38. The van der Waals surface area contributed by atoms with E-state index in [-0.39, 0.29) is 12.2 Å². The summed E-state index contributed by atoms with van der Waals surface area (Å²) in [5, 5.41) is 0. The molecule has 0 unspecified atom stereocenters. The first-order valence-electron chi connectivity index (χ1n) is 5.49. The summed E-state index contributed by atoms with van der Waals surface area (Å²) in [5.41, 5.74) is 0.279. The fourth-order valence-corrected chi connectivity index (χ4v) is 2.89. The van der Waals surface area contributed by atoms with E-state index < -0.39 is 33.1 Å². The van der Waals surface area contributed by atoms with Gasteiger partial charge in [-0.2, -0.15) is 0 Å². The lowest BCUT2D eigenvalue weighted by Crippen LogP contribution is -2.25. The first-order valence-corrected chi connectivity index (χ1v) is 8.10. The van der Waals surface area contributed by atoms with Gasteiger partial charge in [-0.25, -0.2) is 8.42 Å². The number of ketones is 1. The number of carbonyl (C=O) groups is 2. The average Bonchev–Trinajstić information content (AvgIpc) is 2.27. The molecule has 1 aromatic carbocycles. The first kappa shape index (κ1) is 15.8. The van der Waals surface area contributed by atoms with Crippen LogP contribution in [0.25, 0.3) is 0 Å². The summed E-state index contributed by atoms with van der Waals surface area (Å²) in [4.78, 5) is 22.9. The molecule has 0 amide bonds. The van der Waals surface area contributed by atoms with Crippen molar-refractivity contribution in [3.63, 3.8) is 0 Å². The lowest BCUT2D eigenvalue weighted by molar-refractivity contribution is -0.139. The second kappa shape index (κ2) is 6.81. The van der Waals surface area contributed by atoms with Gasteiger partial charge in [-0.05, 0) is 19.1 Å². The molecule has 0 radical (unpaired) electrons. The Balaban J connectivity index is 2.73. The van der Waals surface area contributed by atoms with Gasteiger partial charge in [0, 0.05) is 10.0 Å². The molecule has 5 nitrogen and oxygen atoms in total. The average molecular weight is 349 g/mol. The molecule has 0 spiro atoms. The summed E-state index contributed by atoms with van der Waals surface area (Å²) in [6, 6.07) is 6.41. The Bertz CT molecular complexity index is 580. The zero-order chi connectivity index (χ0) is 14.5. The summed E-state index contributed by atoms with van der Waals surface area (Å²) in [7, 11) is -3.80. The Morgan fingerprint density at radius 3 is 2.53 bits per heavy atom. The highest BCUT2D eigenvalue weighted by Gasteiger charge is 2.22. The first-order chi connectivity index (χ1) is 8.84. The number of halogens is 1. The lowest BCUT2D eigenvalue weighted by Gasteiger charge is -2.04. The maximum Gasteiger partial charge on any atom is 0.321 e. The van der Waals surface area contributed by atoms with Crippen LogP contribution >= 0.6 is 15.9 Å². The second-order valence-corrected chi connectivity index (χ2v) is 6.75. The van der Waals surface area contributed by atoms with Crippen molar-refractivity contribution >= 4 is 37.5 Å². The quantitative estimate of drug-likeness (QED) is 0.576. The van der Waals surface area contributed by atoms with Crippen LogP contribution in [0.5, 0.6) is 0 Å². The summed E-state index contributed by atoms with van der Waals surface area (Å²) in [6.07, 6.45) is 0. The highest BCUT2D eigenvalue weighted by atomic mass is 79.9. The van der Waals surface area contributed by atoms with Crippen molar-refractivity contribution in [2.45, 2.75) is 6.92 Å². The molecule has 0 atom stereocenters.